The SMILES string of the molecule is Cc1cccc(Cl)c1NC(=O)CSc1ccc(N2CCC[C@H](C(=O)NC3CC3)C2)nn1. The smallest absolute Gasteiger partial charge is 0.234 e. The fourth-order valence-electron chi connectivity index (χ4n) is 3.61. The zero-order valence-corrected chi connectivity index (χ0v) is 19.0. The Balaban J connectivity index is 1.28. The first-order valence-corrected chi connectivity index (χ1v) is 11.9. The van der Waals surface area contributed by atoms with E-state index in [2.05, 4.69) is 25.7 Å². The van der Waals surface area contributed by atoms with Gasteiger partial charge in [0.2, 0.25) is 11.8 Å². The van der Waals surface area contributed by atoms with Crippen LogP contribution in [0.5, 0.6) is 0 Å². The molecule has 2 N–H and O–H groups in total. The van der Waals surface area contributed by atoms with Gasteiger partial charge in [0.05, 0.1) is 22.4 Å². The van der Waals surface area contributed by atoms with E-state index in [9.17, 15) is 9.59 Å². The third-order valence-corrected chi connectivity index (χ3v) is 6.74. The van der Waals surface area contributed by atoms with Gasteiger partial charge in [0.1, 0.15) is 5.03 Å². The Morgan fingerprint density at radius 3 is 2.74 bits per heavy atom. The van der Waals surface area contributed by atoms with E-state index in [4.69, 9.17) is 11.6 Å². The Hall–Kier alpha value is -2.32. The molecule has 1 aromatic heterocycles. The van der Waals surface area contributed by atoms with Crippen LogP contribution < -0.4 is 15.5 Å². The summed E-state index contributed by atoms with van der Waals surface area (Å²) in [5.74, 6) is 0.998. The fourth-order valence-corrected chi connectivity index (χ4v) is 4.49. The summed E-state index contributed by atoms with van der Waals surface area (Å²) in [4.78, 5) is 26.8. The third-order valence-electron chi connectivity index (χ3n) is 5.50. The van der Waals surface area contributed by atoms with Gasteiger partial charge >= 0.3 is 0 Å². The number of nitrogens with one attached hydrogen (secondary N) is 2. The lowest BCUT2D eigenvalue weighted by molar-refractivity contribution is -0.125. The molecule has 0 radical (unpaired) electrons. The molecule has 0 spiro atoms. The van der Waals surface area contributed by atoms with E-state index in [1.54, 1.807) is 6.07 Å². The second-order valence-corrected chi connectivity index (χ2v) is 9.47. The Bertz CT molecular complexity index is 931. The molecule has 0 unspecified atom stereocenters. The van der Waals surface area contributed by atoms with Crippen LogP contribution in [0.1, 0.15) is 31.2 Å². The summed E-state index contributed by atoms with van der Waals surface area (Å²) in [5.41, 5.74) is 1.56. The summed E-state index contributed by atoms with van der Waals surface area (Å²) in [6, 6.07) is 9.67. The predicted octanol–water partition coefficient (Wildman–Crippen LogP) is 3.66. The Morgan fingerprint density at radius 1 is 1.19 bits per heavy atom. The second kappa shape index (κ2) is 9.87. The molecule has 0 bridgehead atoms. The number of halogens is 1. The number of anilines is 2. The van der Waals surface area contributed by atoms with Crippen molar-refractivity contribution in [1.29, 1.82) is 0 Å². The fraction of sp³-hybridized carbons (Fsp3) is 0.455. The molecule has 2 amide bonds. The molecule has 2 aromatic rings. The highest BCUT2D eigenvalue weighted by molar-refractivity contribution is 7.99. The third kappa shape index (κ3) is 5.89. The van der Waals surface area contributed by atoms with Gasteiger partial charge in [-0.3, -0.25) is 9.59 Å². The number of hydrogen-bond acceptors (Lipinski definition) is 6. The maximum absolute atomic E-state index is 12.4. The van der Waals surface area contributed by atoms with E-state index < -0.39 is 0 Å². The van der Waals surface area contributed by atoms with E-state index in [0.717, 1.165) is 43.6 Å². The van der Waals surface area contributed by atoms with Crippen LogP contribution in [-0.4, -0.2) is 46.9 Å². The molecule has 1 aliphatic heterocycles. The monoisotopic (exact) mass is 459 g/mol. The first-order valence-electron chi connectivity index (χ1n) is 10.6. The lowest BCUT2D eigenvalue weighted by Gasteiger charge is -2.32. The average molecular weight is 460 g/mol. The number of para-hydroxylation sites is 1. The van der Waals surface area contributed by atoms with Crippen molar-refractivity contribution in [3.8, 4) is 0 Å². The van der Waals surface area contributed by atoms with Crippen molar-refractivity contribution in [3.05, 3.63) is 40.9 Å². The first-order chi connectivity index (χ1) is 15.0. The summed E-state index contributed by atoms with van der Waals surface area (Å²) in [5, 5.41) is 15.8. The number of rotatable bonds is 7. The van der Waals surface area contributed by atoms with E-state index in [1.807, 2.05) is 31.2 Å². The highest BCUT2D eigenvalue weighted by atomic mass is 35.5. The molecule has 2 heterocycles. The molecule has 1 aromatic carbocycles. The Morgan fingerprint density at radius 2 is 2.03 bits per heavy atom. The predicted molar refractivity (Wildman–Crippen MR) is 124 cm³/mol. The van der Waals surface area contributed by atoms with Crippen LogP contribution in [0.3, 0.4) is 0 Å². The lowest BCUT2D eigenvalue weighted by Crippen LogP contribution is -2.44. The molecule has 164 valence electrons. The minimum Gasteiger partial charge on any atom is -0.354 e. The highest BCUT2D eigenvalue weighted by Crippen LogP contribution is 2.27. The van der Waals surface area contributed by atoms with Crippen LogP contribution in [0, 0.1) is 12.8 Å². The largest absolute Gasteiger partial charge is 0.354 e. The van der Waals surface area contributed by atoms with Crippen molar-refractivity contribution >= 4 is 46.7 Å². The zero-order valence-electron chi connectivity index (χ0n) is 17.4. The lowest BCUT2D eigenvalue weighted by atomic mass is 9.97. The topological polar surface area (TPSA) is 87.2 Å². The maximum atomic E-state index is 12.4. The van der Waals surface area contributed by atoms with Crippen molar-refractivity contribution in [2.75, 3.05) is 29.1 Å². The van der Waals surface area contributed by atoms with E-state index in [-0.39, 0.29) is 23.5 Å². The molecule has 1 atom stereocenters. The van der Waals surface area contributed by atoms with Crippen LogP contribution in [-0.2, 0) is 9.59 Å². The van der Waals surface area contributed by atoms with Gasteiger partial charge < -0.3 is 15.5 Å². The Labute approximate surface area is 191 Å². The molecule has 9 heteroatoms. The number of aryl methyl sites for hydroxylation is 1. The molecular weight excluding hydrogens is 434 g/mol. The van der Waals surface area contributed by atoms with Gasteiger partial charge in [-0.1, -0.05) is 35.5 Å². The normalized spacial score (nSPS) is 18.5. The van der Waals surface area contributed by atoms with Crippen molar-refractivity contribution in [1.82, 2.24) is 15.5 Å². The van der Waals surface area contributed by atoms with Gasteiger partial charge in [-0.2, -0.15) is 0 Å². The second-order valence-electron chi connectivity index (χ2n) is 8.07. The first kappa shape index (κ1) is 21.9. The molecular formula is C22H26ClN5O2S. The van der Waals surface area contributed by atoms with Gasteiger partial charge in [0.15, 0.2) is 5.82 Å². The molecule has 2 fully saturated rings. The van der Waals surface area contributed by atoms with Crippen molar-refractivity contribution in [3.63, 3.8) is 0 Å². The number of carbonyl (C=O) groups excluding carboxylic acids is 2. The van der Waals surface area contributed by atoms with E-state index in [1.165, 1.54) is 11.8 Å². The number of aromatic nitrogens is 2. The van der Waals surface area contributed by atoms with E-state index in [0.29, 0.717) is 28.3 Å². The van der Waals surface area contributed by atoms with Crippen LogP contribution in [0.25, 0.3) is 0 Å². The number of thioether (sulfide) groups is 1. The standard InChI is InChI=1S/C22H26ClN5O2S/c1-14-4-2-6-17(23)21(14)25-19(29)13-31-20-10-9-18(26-27-20)28-11-3-5-15(12-28)22(30)24-16-7-8-16/h2,4,6,9-10,15-16H,3,5,7-8,11-13H2,1H3,(H,24,30)(H,25,29)/t15-/m0/s1. The summed E-state index contributed by atoms with van der Waals surface area (Å²) in [6.07, 6.45) is 4.07. The molecule has 7 nitrogen and oxygen atoms in total. The summed E-state index contributed by atoms with van der Waals surface area (Å²) in [6.45, 7) is 3.44. The molecule has 1 saturated heterocycles. The van der Waals surface area contributed by atoms with E-state index >= 15 is 0 Å². The van der Waals surface area contributed by atoms with Crippen LogP contribution in [0.4, 0.5) is 11.5 Å². The molecule has 31 heavy (non-hydrogen) atoms. The van der Waals surface area contributed by atoms with Gasteiger partial charge in [-0.15, -0.1) is 10.2 Å². The molecule has 2 aliphatic rings. The number of nitrogens with zero attached hydrogens (tertiary/aromatic N) is 3. The van der Waals surface area contributed by atoms with Crippen LogP contribution in [0.15, 0.2) is 35.4 Å². The van der Waals surface area contributed by atoms with Crippen LogP contribution >= 0.6 is 23.4 Å². The average Bonchev–Trinajstić information content (AvgIpc) is 3.59. The summed E-state index contributed by atoms with van der Waals surface area (Å²) < 4.78 is 0. The van der Waals surface area contributed by atoms with Crippen LogP contribution in [0.2, 0.25) is 5.02 Å². The van der Waals surface area contributed by atoms with Gasteiger partial charge in [0.25, 0.3) is 0 Å². The number of amides is 2. The molecule has 1 saturated carbocycles. The van der Waals surface area contributed by atoms with Gasteiger partial charge in [-0.25, -0.2) is 0 Å². The minimum absolute atomic E-state index is 0.00200. The number of piperidine rings is 1. The summed E-state index contributed by atoms with van der Waals surface area (Å²) in [7, 11) is 0. The van der Waals surface area contributed by atoms with Gasteiger partial charge in [-0.05, 0) is 56.4 Å². The zero-order chi connectivity index (χ0) is 21.8. The number of carbonyl (C=O) groups is 2. The van der Waals surface area contributed by atoms with Crippen molar-refractivity contribution < 1.29 is 9.59 Å². The van der Waals surface area contributed by atoms with Crippen molar-refractivity contribution in [2.24, 2.45) is 5.92 Å². The molecule has 4 rings (SSSR count). The highest BCUT2D eigenvalue weighted by Gasteiger charge is 2.31. The van der Waals surface area contributed by atoms with Crippen molar-refractivity contribution in [2.45, 2.75) is 43.7 Å². The quantitative estimate of drug-likeness (QED) is 0.614. The number of benzene rings is 1. The summed E-state index contributed by atoms with van der Waals surface area (Å²) >= 11 is 7.49. The minimum atomic E-state index is -0.146. The number of hydrogen-bond donors (Lipinski definition) is 2. The Kier molecular flexibility index (Phi) is 6.97. The molecule has 1 aliphatic carbocycles. The van der Waals surface area contributed by atoms with Gasteiger partial charge in [0, 0.05) is 19.1 Å². The maximum Gasteiger partial charge on any atom is 0.234 e.